The van der Waals surface area contributed by atoms with E-state index in [1.165, 1.54) is 6.39 Å². The number of nitrogens with zero attached hydrogens (tertiary/aromatic N) is 3. The number of aromatic nitrogens is 2. The molecule has 33 heavy (non-hydrogen) atoms. The second-order valence-electron chi connectivity index (χ2n) is 7.92. The maximum Gasteiger partial charge on any atom is 0.511 e. The van der Waals surface area contributed by atoms with Gasteiger partial charge in [0.05, 0.1) is 16.5 Å². The van der Waals surface area contributed by atoms with Gasteiger partial charge in [-0.15, -0.1) is 11.8 Å². The van der Waals surface area contributed by atoms with Gasteiger partial charge in [0.25, 0.3) is 0 Å². The fraction of sp³-hybridized carbons (Fsp3) is 0.250. The van der Waals surface area contributed by atoms with Crippen molar-refractivity contribution in [3.63, 3.8) is 0 Å². The number of benzene rings is 2. The van der Waals surface area contributed by atoms with Crippen molar-refractivity contribution in [2.75, 3.05) is 0 Å². The first-order chi connectivity index (χ1) is 16.0. The molecule has 3 heterocycles. The Balaban J connectivity index is 1.38. The molecular weight excluding hydrogens is 442 g/mol. The summed E-state index contributed by atoms with van der Waals surface area (Å²) in [6.45, 7) is 1.91. The number of β-lactam (4-membered cyclic amide) rings is 1. The van der Waals surface area contributed by atoms with Gasteiger partial charge in [0.15, 0.2) is 18.2 Å². The van der Waals surface area contributed by atoms with Crippen molar-refractivity contribution in [2.45, 2.75) is 35.8 Å². The highest BCUT2D eigenvalue weighted by Crippen LogP contribution is 2.52. The Morgan fingerprint density at radius 1 is 1.18 bits per heavy atom. The van der Waals surface area contributed by atoms with Crippen LogP contribution >= 0.6 is 11.8 Å². The molecule has 1 amide bonds. The summed E-state index contributed by atoms with van der Waals surface area (Å²) in [5.41, 5.74) is 1.64. The lowest BCUT2D eigenvalue weighted by Crippen LogP contribution is -2.55. The number of carbonyl (C=O) groups is 2. The summed E-state index contributed by atoms with van der Waals surface area (Å²) in [6.07, 6.45) is 2.84. The summed E-state index contributed by atoms with van der Waals surface area (Å²) >= 11 is 1.55. The Bertz CT molecular complexity index is 1120. The van der Waals surface area contributed by atoms with Crippen molar-refractivity contribution in [3.05, 3.63) is 90.1 Å². The molecule has 2 aromatic carbocycles. The number of hydrogen-bond acceptors (Lipinski definition) is 8. The van der Waals surface area contributed by atoms with Crippen molar-refractivity contribution in [1.82, 2.24) is 15.0 Å². The molecule has 5 rings (SSSR count). The van der Waals surface area contributed by atoms with E-state index in [2.05, 4.69) is 10.1 Å². The number of ether oxygens (including phenoxy) is 2. The monoisotopic (exact) mass is 463 g/mol. The van der Waals surface area contributed by atoms with Crippen molar-refractivity contribution in [3.8, 4) is 0 Å². The predicted octanol–water partition coefficient (Wildman–Crippen LogP) is 4.42. The molecule has 0 N–H and O–H groups in total. The van der Waals surface area contributed by atoms with Crippen LogP contribution in [0.4, 0.5) is 4.79 Å². The number of rotatable bonds is 6. The molecule has 0 unspecified atom stereocenters. The number of amides is 1. The average Bonchev–Trinajstić information content (AvgIpc) is 3.42. The highest BCUT2D eigenvalue weighted by Gasteiger charge is 2.59. The average molecular weight is 464 g/mol. The molecule has 1 aromatic heterocycles. The summed E-state index contributed by atoms with van der Waals surface area (Å²) < 4.78 is 15.6. The second kappa shape index (κ2) is 8.74. The van der Waals surface area contributed by atoms with Crippen LogP contribution in [-0.2, 0) is 14.3 Å². The maximum absolute atomic E-state index is 13.0. The van der Waals surface area contributed by atoms with E-state index in [1.807, 2.05) is 73.7 Å². The van der Waals surface area contributed by atoms with Gasteiger partial charge in [0.1, 0.15) is 0 Å². The van der Waals surface area contributed by atoms with Gasteiger partial charge >= 0.3 is 6.16 Å². The number of carbonyl (C=O) groups excluding carboxylic acids is 2. The first-order valence-corrected chi connectivity index (χ1v) is 11.3. The molecule has 9 heteroatoms. The van der Waals surface area contributed by atoms with Crippen LogP contribution in [-0.4, -0.2) is 43.5 Å². The standard InChI is InChI=1S/C24H21N3O5S/c1-24(13-12-18-25-15-30-26-18)22(27-19(28)14-20(27)33-24)32-23(29)31-21(16-8-4-2-5-9-16)17-10-6-3-7-11-17/h2-13,15,20-22H,14H2,1H3/b13-12+/t20-,22+,24+/m1/s1. The van der Waals surface area contributed by atoms with Crippen molar-refractivity contribution >= 4 is 29.9 Å². The van der Waals surface area contributed by atoms with Crippen LogP contribution in [0.5, 0.6) is 0 Å². The van der Waals surface area contributed by atoms with Crippen molar-refractivity contribution < 1.29 is 23.6 Å². The zero-order valence-electron chi connectivity index (χ0n) is 17.7. The third kappa shape index (κ3) is 4.23. The van der Waals surface area contributed by atoms with Gasteiger partial charge in [-0.05, 0) is 24.1 Å². The summed E-state index contributed by atoms with van der Waals surface area (Å²) in [6, 6.07) is 18.9. The van der Waals surface area contributed by atoms with Crippen LogP contribution in [0, 0.1) is 0 Å². The smallest absolute Gasteiger partial charge is 0.421 e. The van der Waals surface area contributed by atoms with Crippen LogP contribution < -0.4 is 0 Å². The van der Waals surface area contributed by atoms with Crippen LogP contribution in [0.15, 0.2) is 77.7 Å². The van der Waals surface area contributed by atoms with Gasteiger partial charge in [-0.25, -0.2) is 4.79 Å². The van der Waals surface area contributed by atoms with Gasteiger partial charge < -0.3 is 14.0 Å². The van der Waals surface area contributed by atoms with E-state index in [1.54, 1.807) is 22.7 Å². The molecule has 2 aliphatic heterocycles. The lowest BCUT2D eigenvalue weighted by Gasteiger charge is -2.37. The third-order valence-electron chi connectivity index (χ3n) is 5.65. The van der Waals surface area contributed by atoms with Crippen molar-refractivity contribution in [2.24, 2.45) is 0 Å². The molecule has 2 aliphatic rings. The molecule has 3 aromatic rings. The molecule has 0 saturated carbocycles. The fourth-order valence-corrected chi connectivity index (χ4v) is 5.57. The van der Waals surface area contributed by atoms with Crippen LogP contribution in [0.1, 0.15) is 36.4 Å². The summed E-state index contributed by atoms with van der Waals surface area (Å²) in [4.78, 5) is 30.9. The third-order valence-corrected chi connectivity index (χ3v) is 7.16. The number of fused-ring (bicyclic) bond motifs is 1. The van der Waals surface area contributed by atoms with Gasteiger partial charge in [-0.2, -0.15) is 4.98 Å². The topological polar surface area (TPSA) is 94.8 Å². The Morgan fingerprint density at radius 2 is 1.85 bits per heavy atom. The van der Waals surface area contributed by atoms with E-state index in [0.29, 0.717) is 12.2 Å². The minimum atomic E-state index is -0.849. The minimum Gasteiger partial charge on any atom is -0.421 e. The van der Waals surface area contributed by atoms with Crippen molar-refractivity contribution in [1.29, 1.82) is 0 Å². The van der Waals surface area contributed by atoms with Crippen LogP contribution in [0.2, 0.25) is 0 Å². The minimum absolute atomic E-state index is 0.0609. The zero-order chi connectivity index (χ0) is 22.8. The molecule has 0 spiro atoms. The van der Waals surface area contributed by atoms with Crippen LogP contribution in [0.25, 0.3) is 6.08 Å². The number of hydrogen-bond donors (Lipinski definition) is 0. The normalized spacial score (nSPS) is 24.1. The van der Waals surface area contributed by atoms with E-state index >= 15 is 0 Å². The molecule has 0 aliphatic carbocycles. The molecule has 2 saturated heterocycles. The van der Waals surface area contributed by atoms with E-state index in [9.17, 15) is 9.59 Å². The quantitative estimate of drug-likeness (QED) is 0.392. The molecule has 0 bridgehead atoms. The Morgan fingerprint density at radius 3 is 2.42 bits per heavy atom. The Labute approximate surface area is 194 Å². The molecule has 2 fully saturated rings. The first kappa shape index (κ1) is 21.3. The Kier molecular flexibility index (Phi) is 5.63. The zero-order valence-corrected chi connectivity index (χ0v) is 18.6. The predicted molar refractivity (Wildman–Crippen MR) is 121 cm³/mol. The van der Waals surface area contributed by atoms with Gasteiger partial charge in [-0.3, -0.25) is 9.69 Å². The highest BCUT2D eigenvalue weighted by atomic mass is 32.2. The maximum atomic E-state index is 13.0. The SMILES string of the molecule is C[C@@]1(/C=C/c2ncon2)S[C@@H]2CC(=O)N2[C@H]1OC(=O)OC(c1ccccc1)c1ccccc1. The lowest BCUT2D eigenvalue weighted by atomic mass is 10.0. The second-order valence-corrected chi connectivity index (χ2v) is 9.58. The summed E-state index contributed by atoms with van der Waals surface area (Å²) in [7, 11) is 0. The summed E-state index contributed by atoms with van der Waals surface area (Å²) in [5.74, 6) is 0.330. The lowest BCUT2D eigenvalue weighted by molar-refractivity contribution is -0.157. The van der Waals surface area contributed by atoms with E-state index in [4.69, 9.17) is 14.0 Å². The van der Waals surface area contributed by atoms with E-state index in [-0.39, 0.29) is 11.3 Å². The van der Waals surface area contributed by atoms with Gasteiger partial charge in [-0.1, -0.05) is 71.9 Å². The van der Waals surface area contributed by atoms with E-state index < -0.39 is 23.2 Å². The molecule has 0 radical (unpaired) electrons. The molecular formula is C24H21N3O5S. The highest BCUT2D eigenvalue weighted by molar-refractivity contribution is 8.01. The largest absolute Gasteiger partial charge is 0.511 e. The molecule has 168 valence electrons. The Hall–Kier alpha value is -3.59. The van der Waals surface area contributed by atoms with Gasteiger partial charge in [0, 0.05) is 0 Å². The number of thioether (sulfide) groups is 1. The molecule has 3 atom stereocenters. The summed E-state index contributed by atoms with van der Waals surface area (Å²) in [5, 5.41) is 3.71. The first-order valence-electron chi connectivity index (χ1n) is 10.5. The van der Waals surface area contributed by atoms with Crippen LogP contribution in [0.3, 0.4) is 0 Å². The van der Waals surface area contributed by atoms with Gasteiger partial charge in [0.2, 0.25) is 12.3 Å². The van der Waals surface area contributed by atoms with E-state index in [0.717, 1.165) is 11.1 Å². The fourth-order valence-electron chi connectivity index (χ4n) is 4.00. The molecule has 8 nitrogen and oxygen atoms in total.